The molecule has 0 saturated heterocycles. The number of carbonyl (C=O) groups excluding carboxylic acids is 1. The van der Waals surface area contributed by atoms with E-state index in [9.17, 15) is 4.79 Å². The van der Waals surface area contributed by atoms with Crippen LogP contribution in [0.4, 0.5) is 0 Å². The summed E-state index contributed by atoms with van der Waals surface area (Å²) in [7, 11) is 0. The van der Waals surface area contributed by atoms with Crippen LogP contribution in [0.5, 0.6) is 5.75 Å². The van der Waals surface area contributed by atoms with Crippen LogP contribution in [0, 0.1) is 0 Å². The molecule has 1 aromatic carbocycles. The van der Waals surface area contributed by atoms with Gasteiger partial charge in [-0.2, -0.15) is 0 Å². The van der Waals surface area contributed by atoms with Crippen LogP contribution in [0.1, 0.15) is 18.5 Å². The molecule has 3 aromatic rings. The first-order chi connectivity index (χ1) is 12.1. The van der Waals surface area contributed by atoms with E-state index in [0.717, 1.165) is 21.6 Å². The molecule has 5 nitrogen and oxygen atoms in total. The number of hydrogen-bond acceptors (Lipinski definition) is 3. The molecule has 0 unspecified atom stereocenters. The Morgan fingerprint density at radius 3 is 2.80 bits per heavy atom. The highest BCUT2D eigenvalue weighted by Crippen LogP contribution is 2.16. The molecule has 0 fully saturated rings. The molecule has 25 heavy (non-hydrogen) atoms. The van der Waals surface area contributed by atoms with Crippen LogP contribution in [0.3, 0.4) is 0 Å². The lowest BCUT2D eigenvalue weighted by Crippen LogP contribution is -2.23. The second-order valence-corrected chi connectivity index (χ2v) is 6.88. The molecular weight excluding hydrogens is 406 g/mol. The van der Waals surface area contributed by atoms with Gasteiger partial charge in [-0.1, -0.05) is 11.6 Å². The number of nitrogens with zero attached hydrogens (tertiary/aromatic N) is 2. The van der Waals surface area contributed by atoms with E-state index in [1.807, 2.05) is 41.1 Å². The number of imidazole rings is 1. The summed E-state index contributed by atoms with van der Waals surface area (Å²) < 4.78 is 8.47. The predicted molar refractivity (Wildman–Crippen MR) is 101 cm³/mol. The largest absolute Gasteiger partial charge is 0.494 e. The maximum Gasteiger partial charge on any atom is 0.220 e. The third-order valence-corrected chi connectivity index (χ3v) is 4.28. The molecule has 2 heterocycles. The normalized spacial score (nSPS) is 10.8. The van der Waals surface area contributed by atoms with Crippen LogP contribution in [0.2, 0.25) is 5.02 Å². The first-order valence-corrected chi connectivity index (χ1v) is 9.05. The second kappa shape index (κ2) is 8.36. The number of aromatic nitrogens is 2. The third-order valence-electron chi connectivity index (χ3n) is 3.56. The number of fused-ring (bicyclic) bond motifs is 1. The highest BCUT2D eigenvalue weighted by molar-refractivity contribution is 9.10. The van der Waals surface area contributed by atoms with Gasteiger partial charge in [-0.15, -0.1) is 0 Å². The summed E-state index contributed by atoms with van der Waals surface area (Å²) in [5, 5.41) is 3.55. The Kier molecular flexibility index (Phi) is 5.94. The fraction of sp³-hybridized carbons (Fsp3) is 0.222. The van der Waals surface area contributed by atoms with Crippen LogP contribution in [0.15, 0.2) is 53.3 Å². The fourth-order valence-electron chi connectivity index (χ4n) is 2.33. The van der Waals surface area contributed by atoms with Gasteiger partial charge >= 0.3 is 0 Å². The Morgan fingerprint density at radius 1 is 1.20 bits per heavy atom. The zero-order valence-electron chi connectivity index (χ0n) is 13.4. The molecule has 0 saturated carbocycles. The molecular formula is C18H17BrClN3O2. The molecule has 1 N–H and O–H groups in total. The molecule has 1 amide bonds. The molecule has 2 aromatic heterocycles. The van der Waals surface area contributed by atoms with Crippen molar-refractivity contribution in [3.63, 3.8) is 0 Å². The first-order valence-electron chi connectivity index (χ1n) is 7.88. The van der Waals surface area contributed by atoms with Gasteiger partial charge in [0.25, 0.3) is 0 Å². The number of benzene rings is 1. The zero-order chi connectivity index (χ0) is 17.6. The van der Waals surface area contributed by atoms with Crippen molar-refractivity contribution >= 4 is 39.1 Å². The van der Waals surface area contributed by atoms with Gasteiger partial charge in [-0.3, -0.25) is 4.79 Å². The number of halogens is 2. The van der Waals surface area contributed by atoms with Crippen molar-refractivity contribution < 1.29 is 9.53 Å². The lowest BCUT2D eigenvalue weighted by atomic mass is 10.3. The molecule has 0 bridgehead atoms. The van der Waals surface area contributed by atoms with Crippen molar-refractivity contribution in [1.82, 2.24) is 14.7 Å². The molecule has 0 radical (unpaired) electrons. The Morgan fingerprint density at radius 2 is 2.00 bits per heavy atom. The fourth-order valence-corrected chi connectivity index (χ4v) is 2.81. The van der Waals surface area contributed by atoms with Crippen molar-refractivity contribution in [2.45, 2.75) is 19.4 Å². The Hall–Kier alpha value is -2.05. The number of pyridine rings is 1. The Bertz CT molecular complexity index is 864. The molecule has 130 valence electrons. The standard InChI is InChI=1S/C18H17BrClN3O2/c19-13-3-8-17-22-15(12-23(17)11-13)10-21-18(24)2-1-9-25-16-6-4-14(20)5-7-16/h3-8,11-12H,1-2,9-10H2,(H,21,24). The monoisotopic (exact) mass is 421 g/mol. The van der Waals surface area contributed by atoms with E-state index in [-0.39, 0.29) is 5.91 Å². The number of nitrogens with one attached hydrogen (secondary N) is 1. The van der Waals surface area contributed by atoms with E-state index in [1.54, 1.807) is 12.1 Å². The summed E-state index contributed by atoms with van der Waals surface area (Å²) in [4.78, 5) is 16.4. The maximum absolute atomic E-state index is 11.9. The molecule has 7 heteroatoms. The van der Waals surface area contributed by atoms with Gasteiger partial charge < -0.3 is 14.5 Å². The average molecular weight is 423 g/mol. The van der Waals surface area contributed by atoms with Gasteiger partial charge in [-0.25, -0.2) is 4.98 Å². The van der Waals surface area contributed by atoms with E-state index in [4.69, 9.17) is 16.3 Å². The van der Waals surface area contributed by atoms with Crippen molar-refractivity contribution in [1.29, 1.82) is 0 Å². The minimum atomic E-state index is -0.0158. The Balaban J connectivity index is 1.39. The van der Waals surface area contributed by atoms with Crippen molar-refractivity contribution in [3.8, 4) is 5.75 Å². The highest BCUT2D eigenvalue weighted by Gasteiger charge is 2.05. The molecule has 3 rings (SSSR count). The lowest BCUT2D eigenvalue weighted by molar-refractivity contribution is -0.121. The summed E-state index contributed by atoms with van der Waals surface area (Å²) in [6.45, 7) is 0.896. The minimum absolute atomic E-state index is 0.0158. The maximum atomic E-state index is 11.9. The van der Waals surface area contributed by atoms with E-state index in [0.29, 0.717) is 31.0 Å². The van der Waals surface area contributed by atoms with Crippen LogP contribution in [0.25, 0.3) is 5.65 Å². The molecule has 0 atom stereocenters. The van der Waals surface area contributed by atoms with Crippen LogP contribution in [-0.2, 0) is 11.3 Å². The van der Waals surface area contributed by atoms with Crippen LogP contribution in [-0.4, -0.2) is 21.9 Å². The minimum Gasteiger partial charge on any atom is -0.494 e. The quantitative estimate of drug-likeness (QED) is 0.580. The molecule has 0 aliphatic heterocycles. The highest BCUT2D eigenvalue weighted by atomic mass is 79.9. The van der Waals surface area contributed by atoms with Crippen molar-refractivity contribution in [2.75, 3.05) is 6.61 Å². The summed E-state index contributed by atoms with van der Waals surface area (Å²) in [6.07, 6.45) is 4.89. The average Bonchev–Trinajstić information content (AvgIpc) is 3.00. The number of amides is 1. The summed E-state index contributed by atoms with van der Waals surface area (Å²) in [6, 6.07) is 11.0. The van der Waals surface area contributed by atoms with Gasteiger partial charge in [0, 0.05) is 28.3 Å². The SMILES string of the molecule is O=C(CCCOc1ccc(Cl)cc1)NCc1cn2cc(Br)ccc2n1. The van der Waals surface area contributed by atoms with E-state index >= 15 is 0 Å². The van der Waals surface area contributed by atoms with Gasteiger partial charge in [0.05, 0.1) is 18.8 Å². The summed E-state index contributed by atoms with van der Waals surface area (Å²) in [5.74, 6) is 0.735. The molecule has 0 aliphatic rings. The predicted octanol–water partition coefficient (Wildman–Crippen LogP) is 4.23. The summed E-state index contributed by atoms with van der Waals surface area (Å²) >= 11 is 9.24. The van der Waals surface area contributed by atoms with Crippen molar-refractivity contribution in [3.05, 3.63) is 64.0 Å². The van der Waals surface area contributed by atoms with Crippen LogP contribution >= 0.6 is 27.5 Å². The number of rotatable bonds is 7. The van der Waals surface area contributed by atoms with Crippen molar-refractivity contribution in [2.24, 2.45) is 0 Å². The Labute approximate surface area is 159 Å². The third kappa shape index (κ3) is 5.21. The van der Waals surface area contributed by atoms with Crippen LogP contribution < -0.4 is 10.1 Å². The molecule has 0 spiro atoms. The number of hydrogen-bond donors (Lipinski definition) is 1. The zero-order valence-corrected chi connectivity index (χ0v) is 15.8. The molecule has 0 aliphatic carbocycles. The topological polar surface area (TPSA) is 55.6 Å². The van der Waals surface area contributed by atoms with Gasteiger partial charge in [0.2, 0.25) is 5.91 Å². The lowest BCUT2D eigenvalue weighted by Gasteiger charge is -2.06. The van der Waals surface area contributed by atoms with Gasteiger partial charge in [-0.05, 0) is 58.7 Å². The van der Waals surface area contributed by atoms with E-state index < -0.39 is 0 Å². The summed E-state index contributed by atoms with van der Waals surface area (Å²) in [5.41, 5.74) is 1.67. The number of ether oxygens (including phenoxy) is 1. The first kappa shape index (κ1) is 17.8. The smallest absolute Gasteiger partial charge is 0.220 e. The van der Waals surface area contributed by atoms with E-state index in [2.05, 4.69) is 26.2 Å². The second-order valence-electron chi connectivity index (χ2n) is 5.53. The number of carbonyl (C=O) groups is 1. The van der Waals surface area contributed by atoms with E-state index in [1.165, 1.54) is 0 Å². The van der Waals surface area contributed by atoms with Gasteiger partial charge in [0.15, 0.2) is 0 Å². The van der Waals surface area contributed by atoms with Gasteiger partial charge in [0.1, 0.15) is 11.4 Å².